The number of carbonyl (C=O) groups excluding carboxylic acids is 1. The van der Waals surface area contributed by atoms with Gasteiger partial charge in [-0.3, -0.25) is 4.79 Å². The minimum atomic E-state index is -0.0267. The Bertz CT molecular complexity index is 836. The molecule has 3 rings (SSSR count). The van der Waals surface area contributed by atoms with E-state index >= 15 is 0 Å². The van der Waals surface area contributed by atoms with Crippen LogP contribution in [-0.2, 0) is 6.54 Å². The third kappa shape index (κ3) is 2.69. The Balaban J connectivity index is 1.98. The lowest BCUT2D eigenvalue weighted by Gasteiger charge is -2.09. The summed E-state index contributed by atoms with van der Waals surface area (Å²) in [6.45, 7) is 2.26. The van der Waals surface area contributed by atoms with Crippen LogP contribution in [0.1, 0.15) is 16.1 Å². The van der Waals surface area contributed by atoms with E-state index in [1.165, 1.54) is 0 Å². The van der Waals surface area contributed by atoms with Crippen molar-refractivity contribution in [3.63, 3.8) is 0 Å². The molecule has 1 heterocycles. The Morgan fingerprint density at radius 2 is 1.86 bits per heavy atom. The minimum Gasteiger partial charge on any atom is -0.337 e. The number of rotatable bonds is 3. The Kier molecular flexibility index (Phi) is 3.75. The summed E-state index contributed by atoms with van der Waals surface area (Å²) in [5, 5.41) is 2.05. The maximum Gasteiger partial charge on any atom is 0.184 e. The molecule has 0 aliphatic carbocycles. The molecule has 0 atom stereocenters. The molecule has 0 unspecified atom stereocenters. The van der Waals surface area contributed by atoms with Gasteiger partial charge in [0, 0.05) is 21.8 Å². The molecule has 2 nitrogen and oxygen atoms in total. The number of halogens is 2. The molecule has 0 aliphatic rings. The van der Waals surface area contributed by atoms with Crippen LogP contribution in [0.4, 0.5) is 0 Å². The van der Waals surface area contributed by atoms with E-state index in [4.69, 9.17) is 23.2 Å². The third-order valence-electron chi connectivity index (χ3n) is 3.55. The normalized spacial score (nSPS) is 11.0. The van der Waals surface area contributed by atoms with Crippen molar-refractivity contribution in [2.75, 3.05) is 0 Å². The van der Waals surface area contributed by atoms with Gasteiger partial charge in [0.05, 0.1) is 11.6 Å². The second-order valence-corrected chi connectivity index (χ2v) is 5.82. The summed E-state index contributed by atoms with van der Waals surface area (Å²) >= 11 is 12.0. The predicted octanol–water partition coefficient (Wildman–Crippen LogP) is 5.14. The van der Waals surface area contributed by atoms with E-state index in [1.54, 1.807) is 18.2 Å². The van der Waals surface area contributed by atoms with Crippen molar-refractivity contribution in [1.29, 1.82) is 0 Å². The molecule has 0 N–H and O–H groups in total. The summed E-state index contributed by atoms with van der Waals surface area (Å²) in [7, 11) is 0. The SMILES string of the molecule is Cc1cc2ccccc2n1CC(=O)c1ccc(Cl)cc1Cl. The summed E-state index contributed by atoms with van der Waals surface area (Å²) in [6.07, 6.45) is 0. The first-order valence-corrected chi connectivity index (χ1v) is 7.35. The maximum absolute atomic E-state index is 12.5. The lowest BCUT2D eigenvalue weighted by atomic mass is 10.1. The van der Waals surface area contributed by atoms with Crippen molar-refractivity contribution in [3.05, 3.63) is 69.8 Å². The van der Waals surface area contributed by atoms with Crippen LogP contribution < -0.4 is 0 Å². The molecule has 4 heteroatoms. The number of hydrogen-bond donors (Lipinski definition) is 0. The van der Waals surface area contributed by atoms with E-state index < -0.39 is 0 Å². The van der Waals surface area contributed by atoms with Gasteiger partial charge < -0.3 is 4.57 Å². The lowest BCUT2D eigenvalue weighted by molar-refractivity contribution is 0.0973. The zero-order valence-electron chi connectivity index (χ0n) is 11.4. The Morgan fingerprint density at radius 1 is 1.10 bits per heavy atom. The van der Waals surface area contributed by atoms with Crippen molar-refractivity contribution in [2.45, 2.75) is 13.5 Å². The molecule has 0 aliphatic heterocycles. The van der Waals surface area contributed by atoms with Gasteiger partial charge in [-0.05, 0) is 42.6 Å². The number of Topliss-reactive ketones (excluding diaryl/α,β-unsaturated/α-hetero) is 1. The van der Waals surface area contributed by atoms with Gasteiger partial charge >= 0.3 is 0 Å². The second kappa shape index (κ2) is 5.55. The molecule has 0 saturated heterocycles. The van der Waals surface area contributed by atoms with Crippen molar-refractivity contribution < 1.29 is 4.79 Å². The largest absolute Gasteiger partial charge is 0.337 e. The molecule has 0 spiro atoms. The first-order valence-electron chi connectivity index (χ1n) is 6.59. The zero-order chi connectivity index (χ0) is 15.0. The molecule has 0 saturated carbocycles. The maximum atomic E-state index is 12.5. The van der Waals surface area contributed by atoms with Crippen LogP contribution in [-0.4, -0.2) is 10.4 Å². The average Bonchev–Trinajstić information content (AvgIpc) is 2.75. The van der Waals surface area contributed by atoms with Gasteiger partial charge in [-0.15, -0.1) is 0 Å². The van der Waals surface area contributed by atoms with Gasteiger partial charge in [0.2, 0.25) is 0 Å². The van der Waals surface area contributed by atoms with E-state index in [0.29, 0.717) is 15.6 Å². The topological polar surface area (TPSA) is 22.0 Å². The number of para-hydroxylation sites is 1. The van der Waals surface area contributed by atoms with Gasteiger partial charge in [0.15, 0.2) is 5.78 Å². The minimum absolute atomic E-state index is 0.0267. The number of aryl methyl sites for hydroxylation is 1. The molecular weight excluding hydrogens is 305 g/mol. The molecule has 0 bridgehead atoms. The van der Waals surface area contributed by atoms with Crippen LogP contribution in [0.5, 0.6) is 0 Å². The fourth-order valence-electron chi connectivity index (χ4n) is 2.50. The smallest absolute Gasteiger partial charge is 0.184 e. The number of nitrogens with zero attached hydrogens (tertiary/aromatic N) is 1. The molecule has 3 aromatic rings. The predicted molar refractivity (Wildman–Crippen MR) is 87.5 cm³/mol. The average molecular weight is 318 g/mol. The summed E-state index contributed by atoms with van der Waals surface area (Å²) in [4.78, 5) is 12.5. The van der Waals surface area contributed by atoms with Crippen LogP contribution in [0.2, 0.25) is 10.0 Å². The summed E-state index contributed by atoms with van der Waals surface area (Å²) < 4.78 is 2.00. The van der Waals surface area contributed by atoms with Crippen LogP contribution in [0.3, 0.4) is 0 Å². The molecule has 0 radical (unpaired) electrons. The molecule has 0 amide bonds. The first-order chi connectivity index (χ1) is 10.1. The fourth-order valence-corrected chi connectivity index (χ4v) is 3.02. The van der Waals surface area contributed by atoms with E-state index in [9.17, 15) is 4.79 Å². The highest BCUT2D eigenvalue weighted by atomic mass is 35.5. The molecule has 2 aromatic carbocycles. The lowest BCUT2D eigenvalue weighted by Crippen LogP contribution is -2.11. The molecule has 1 aromatic heterocycles. The quantitative estimate of drug-likeness (QED) is 0.613. The van der Waals surface area contributed by atoms with Crippen LogP contribution in [0.25, 0.3) is 10.9 Å². The number of benzene rings is 2. The number of aromatic nitrogens is 1. The monoisotopic (exact) mass is 317 g/mol. The van der Waals surface area contributed by atoms with Gasteiger partial charge in [-0.2, -0.15) is 0 Å². The summed E-state index contributed by atoms with van der Waals surface area (Å²) in [6, 6.07) is 15.0. The highest BCUT2D eigenvalue weighted by molar-refractivity contribution is 6.36. The number of ketones is 1. The molecule has 21 heavy (non-hydrogen) atoms. The van der Waals surface area contributed by atoms with Gasteiger partial charge in [-0.1, -0.05) is 41.4 Å². The van der Waals surface area contributed by atoms with Gasteiger partial charge in [0.1, 0.15) is 0 Å². The first kappa shape index (κ1) is 14.2. The number of fused-ring (bicyclic) bond motifs is 1. The van der Waals surface area contributed by atoms with Crippen LogP contribution >= 0.6 is 23.2 Å². The van der Waals surface area contributed by atoms with E-state index in [-0.39, 0.29) is 12.3 Å². The van der Waals surface area contributed by atoms with Gasteiger partial charge in [-0.25, -0.2) is 0 Å². The highest BCUT2D eigenvalue weighted by Gasteiger charge is 2.14. The molecule has 106 valence electrons. The second-order valence-electron chi connectivity index (χ2n) is 4.98. The highest BCUT2D eigenvalue weighted by Crippen LogP contribution is 2.24. The molecule has 0 fully saturated rings. The van der Waals surface area contributed by atoms with Crippen molar-refractivity contribution in [3.8, 4) is 0 Å². The fraction of sp³-hybridized carbons (Fsp3) is 0.118. The van der Waals surface area contributed by atoms with E-state index in [2.05, 4.69) is 6.07 Å². The zero-order valence-corrected chi connectivity index (χ0v) is 12.9. The van der Waals surface area contributed by atoms with Crippen molar-refractivity contribution >= 4 is 39.9 Å². The standard InChI is InChI=1S/C17H13Cl2NO/c1-11-8-12-4-2-3-5-16(12)20(11)10-17(21)14-7-6-13(18)9-15(14)19/h2-9H,10H2,1H3. The Morgan fingerprint density at radius 3 is 2.62 bits per heavy atom. The van der Waals surface area contributed by atoms with Gasteiger partial charge in [0.25, 0.3) is 0 Å². The van der Waals surface area contributed by atoms with E-state index in [0.717, 1.165) is 16.6 Å². The van der Waals surface area contributed by atoms with Crippen molar-refractivity contribution in [2.24, 2.45) is 0 Å². The Labute approximate surface area is 132 Å². The van der Waals surface area contributed by atoms with Crippen LogP contribution in [0.15, 0.2) is 48.5 Å². The van der Waals surface area contributed by atoms with Crippen LogP contribution in [0, 0.1) is 6.92 Å². The number of hydrogen-bond acceptors (Lipinski definition) is 1. The summed E-state index contributed by atoms with van der Waals surface area (Å²) in [5.74, 6) is -0.0267. The van der Waals surface area contributed by atoms with E-state index in [1.807, 2.05) is 35.8 Å². The molecular formula is C17H13Cl2NO. The third-order valence-corrected chi connectivity index (χ3v) is 4.10. The summed E-state index contributed by atoms with van der Waals surface area (Å²) in [5.41, 5.74) is 2.60. The number of carbonyl (C=O) groups is 1. The van der Waals surface area contributed by atoms with Crippen molar-refractivity contribution in [1.82, 2.24) is 4.57 Å². The Hall–Kier alpha value is -1.77.